The number of carbonyl (C=O) groups excluding carboxylic acids is 1. The number of halogens is 1. The van der Waals surface area contributed by atoms with E-state index in [1.165, 1.54) is 5.56 Å². The zero-order valence-corrected chi connectivity index (χ0v) is 12.2. The molecule has 2 atom stereocenters. The van der Waals surface area contributed by atoms with Gasteiger partial charge in [-0.1, -0.05) is 35.0 Å². The molecule has 2 N–H and O–H groups in total. The second-order valence-electron chi connectivity index (χ2n) is 4.76. The van der Waals surface area contributed by atoms with E-state index in [1.54, 1.807) is 0 Å². The molecule has 1 aromatic carbocycles. The van der Waals surface area contributed by atoms with E-state index in [9.17, 15) is 4.79 Å². The topological polar surface area (TPSA) is 46.3 Å². The molecule has 0 spiro atoms. The van der Waals surface area contributed by atoms with E-state index in [0.717, 1.165) is 23.9 Å². The van der Waals surface area contributed by atoms with Crippen molar-refractivity contribution in [3.05, 3.63) is 34.3 Å². The van der Waals surface area contributed by atoms with Crippen molar-refractivity contribution in [3.8, 4) is 0 Å². The Kier molecular flexibility index (Phi) is 4.40. The van der Waals surface area contributed by atoms with Crippen molar-refractivity contribution in [1.29, 1.82) is 0 Å². The predicted octanol–water partition coefficient (Wildman–Crippen LogP) is 2.85. The number of amides is 1. The van der Waals surface area contributed by atoms with Crippen LogP contribution < -0.4 is 5.73 Å². The summed E-state index contributed by atoms with van der Waals surface area (Å²) < 4.78 is 1.05. The van der Waals surface area contributed by atoms with Gasteiger partial charge in [0.25, 0.3) is 0 Å². The van der Waals surface area contributed by atoms with Crippen molar-refractivity contribution < 1.29 is 4.79 Å². The van der Waals surface area contributed by atoms with Crippen LogP contribution in [0.3, 0.4) is 0 Å². The smallest absolute Gasteiger partial charge is 0.239 e. The largest absolute Gasteiger partial charge is 0.334 e. The van der Waals surface area contributed by atoms with Gasteiger partial charge in [-0.15, -0.1) is 0 Å². The summed E-state index contributed by atoms with van der Waals surface area (Å²) in [5.41, 5.74) is 7.06. The second-order valence-corrected chi connectivity index (χ2v) is 5.68. The van der Waals surface area contributed by atoms with E-state index in [2.05, 4.69) is 28.1 Å². The van der Waals surface area contributed by atoms with Crippen LogP contribution in [0.5, 0.6) is 0 Å². The molecule has 0 bridgehead atoms. The molecule has 3 nitrogen and oxygen atoms in total. The van der Waals surface area contributed by atoms with Gasteiger partial charge in [-0.3, -0.25) is 4.79 Å². The normalized spacial score (nSPS) is 21.1. The third kappa shape index (κ3) is 2.75. The molecule has 1 saturated heterocycles. The summed E-state index contributed by atoms with van der Waals surface area (Å²) in [4.78, 5) is 14.2. The highest BCUT2D eigenvalue weighted by Crippen LogP contribution is 2.33. The first-order chi connectivity index (χ1) is 8.63. The maximum Gasteiger partial charge on any atom is 0.239 e. The van der Waals surface area contributed by atoms with Crippen LogP contribution in [0.2, 0.25) is 0 Å². The van der Waals surface area contributed by atoms with Gasteiger partial charge in [-0.2, -0.15) is 0 Å². The van der Waals surface area contributed by atoms with Crippen LogP contribution in [0.25, 0.3) is 0 Å². The van der Waals surface area contributed by atoms with Gasteiger partial charge in [0.1, 0.15) is 0 Å². The van der Waals surface area contributed by atoms with Crippen LogP contribution in [0.4, 0.5) is 0 Å². The Morgan fingerprint density at radius 3 is 3.06 bits per heavy atom. The lowest BCUT2D eigenvalue weighted by atomic mass is 10.0. The van der Waals surface area contributed by atoms with Crippen LogP contribution in [0.15, 0.2) is 28.7 Å². The molecule has 1 heterocycles. The Morgan fingerprint density at radius 2 is 2.39 bits per heavy atom. The molecule has 1 aliphatic rings. The van der Waals surface area contributed by atoms with Crippen LogP contribution in [0.1, 0.15) is 37.8 Å². The highest BCUT2D eigenvalue weighted by molar-refractivity contribution is 9.10. The molecule has 0 saturated carbocycles. The minimum absolute atomic E-state index is 0.0833. The molecule has 1 unspecified atom stereocenters. The number of carbonyl (C=O) groups is 1. The number of rotatable bonds is 3. The molecule has 0 aliphatic carbocycles. The molecule has 4 heteroatoms. The van der Waals surface area contributed by atoms with Crippen molar-refractivity contribution in [2.75, 3.05) is 6.54 Å². The first-order valence-electron chi connectivity index (χ1n) is 6.45. The van der Waals surface area contributed by atoms with Crippen LogP contribution in [-0.2, 0) is 4.79 Å². The molecule has 0 aromatic heterocycles. The van der Waals surface area contributed by atoms with Crippen molar-refractivity contribution in [2.24, 2.45) is 5.73 Å². The molecule has 1 aliphatic heterocycles. The fourth-order valence-electron chi connectivity index (χ4n) is 2.48. The lowest BCUT2D eigenvalue weighted by Gasteiger charge is -2.27. The van der Waals surface area contributed by atoms with E-state index in [-0.39, 0.29) is 18.0 Å². The van der Waals surface area contributed by atoms with Gasteiger partial charge in [0.2, 0.25) is 5.91 Å². The summed E-state index contributed by atoms with van der Waals surface area (Å²) >= 11 is 3.48. The van der Waals surface area contributed by atoms with Gasteiger partial charge in [-0.25, -0.2) is 0 Å². The Labute approximate surface area is 116 Å². The maximum absolute atomic E-state index is 12.2. The third-order valence-corrected chi connectivity index (χ3v) is 4.02. The summed E-state index contributed by atoms with van der Waals surface area (Å²) in [6, 6.07) is 8.01. The van der Waals surface area contributed by atoms with E-state index < -0.39 is 0 Å². The van der Waals surface area contributed by atoms with Crippen LogP contribution in [0, 0.1) is 0 Å². The Morgan fingerprint density at radius 1 is 1.61 bits per heavy atom. The molecular weight excluding hydrogens is 292 g/mol. The van der Waals surface area contributed by atoms with Crippen molar-refractivity contribution in [3.63, 3.8) is 0 Å². The fraction of sp³-hybridized carbons (Fsp3) is 0.500. The van der Waals surface area contributed by atoms with E-state index in [1.807, 2.05) is 24.0 Å². The minimum Gasteiger partial charge on any atom is -0.334 e. The first-order valence-corrected chi connectivity index (χ1v) is 7.24. The molecule has 0 radical (unpaired) electrons. The Hall–Kier alpha value is -0.870. The van der Waals surface area contributed by atoms with Crippen LogP contribution >= 0.6 is 15.9 Å². The zero-order chi connectivity index (χ0) is 13.1. The number of benzene rings is 1. The average Bonchev–Trinajstić information content (AvgIpc) is 2.86. The summed E-state index contributed by atoms with van der Waals surface area (Å²) in [7, 11) is 0. The lowest BCUT2D eigenvalue weighted by Crippen LogP contribution is -2.43. The first kappa shape index (κ1) is 13.6. The molecule has 1 amide bonds. The Balaban J connectivity index is 2.20. The quantitative estimate of drug-likeness (QED) is 0.933. The molecular formula is C14H19BrN2O. The number of likely N-dealkylation sites (tertiary alicyclic amines) is 1. The Bertz CT molecular complexity index is 436. The van der Waals surface area contributed by atoms with Gasteiger partial charge in [0.15, 0.2) is 0 Å². The third-order valence-electron chi connectivity index (χ3n) is 3.53. The minimum atomic E-state index is -0.363. The van der Waals surface area contributed by atoms with Gasteiger partial charge in [0.05, 0.1) is 12.1 Å². The van der Waals surface area contributed by atoms with E-state index in [4.69, 9.17) is 5.73 Å². The average molecular weight is 311 g/mol. The zero-order valence-electron chi connectivity index (χ0n) is 10.6. The van der Waals surface area contributed by atoms with Crippen molar-refractivity contribution in [1.82, 2.24) is 4.90 Å². The summed E-state index contributed by atoms with van der Waals surface area (Å²) in [6.07, 6.45) is 2.78. The van der Waals surface area contributed by atoms with Gasteiger partial charge in [0, 0.05) is 11.0 Å². The fourth-order valence-corrected chi connectivity index (χ4v) is 2.90. The summed E-state index contributed by atoms with van der Waals surface area (Å²) in [6.45, 7) is 2.77. The van der Waals surface area contributed by atoms with Gasteiger partial charge >= 0.3 is 0 Å². The van der Waals surface area contributed by atoms with Crippen molar-refractivity contribution >= 4 is 21.8 Å². The monoisotopic (exact) mass is 310 g/mol. The highest BCUT2D eigenvalue weighted by atomic mass is 79.9. The molecule has 98 valence electrons. The van der Waals surface area contributed by atoms with Crippen molar-refractivity contribution in [2.45, 2.75) is 38.3 Å². The van der Waals surface area contributed by atoms with Gasteiger partial charge < -0.3 is 10.6 Å². The maximum atomic E-state index is 12.2. The second kappa shape index (κ2) is 5.85. The molecule has 18 heavy (non-hydrogen) atoms. The number of nitrogens with zero attached hydrogens (tertiary/aromatic N) is 1. The van der Waals surface area contributed by atoms with E-state index >= 15 is 0 Å². The van der Waals surface area contributed by atoms with Gasteiger partial charge in [-0.05, 0) is 37.0 Å². The standard InChI is InChI=1S/C14H19BrN2O/c1-2-12(16)14(18)17-8-4-7-13(17)10-5-3-6-11(15)9-10/h3,5-6,9,12-13H,2,4,7-8,16H2,1H3/t12-,13?/m0/s1. The molecule has 2 rings (SSSR count). The van der Waals surface area contributed by atoms with Crippen LogP contribution in [-0.4, -0.2) is 23.4 Å². The molecule has 1 fully saturated rings. The predicted molar refractivity (Wildman–Crippen MR) is 76.1 cm³/mol. The summed E-state index contributed by atoms with van der Waals surface area (Å²) in [5.74, 6) is 0.0833. The number of hydrogen-bond donors (Lipinski definition) is 1. The molecule has 1 aromatic rings. The summed E-state index contributed by atoms with van der Waals surface area (Å²) in [5, 5.41) is 0. The lowest BCUT2D eigenvalue weighted by molar-refractivity contribution is -0.133. The highest BCUT2D eigenvalue weighted by Gasteiger charge is 2.31. The SMILES string of the molecule is CC[C@H](N)C(=O)N1CCCC1c1cccc(Br)c1. The number of hydrogen-bond acceptors (Lipinski definition) is 2. The van der Waals surface area contributed by atoms with E-state index in [0.29, 0.717) is 6.42 Å². The number of nitrogens with two attached hydrogens (primary N) is 1.